The van der Waals surface area contributed by atoms with Gasteiger partial charge in [0.15, 0.2) is 0 Å². The number of imidazole rings is 1. The Morgan fingerprint density at radius 1 is 0.467 bits per heavy atom. The van der Waals surface area contributed by atoms with Crippen molar-refractivity contribution in [2.24, 2.45) is 0 Å². The van der Waals surface area contributed by atoms with E-state index < -0.39 is 0 Å². The number of aryl methyl sites for hydroxylation is 1. The van der Waals surface area contributed by atoms with Gasteiger partial charge in [0.25, 0.3) is 0 Å². The number of hydrogen-bond acceptors (Lipinski definition) is 1. The zero-order valence-electron chi connectivity index (χ0n) is 37.1. The van der Waals surface area contributed by atoms with Crippen molar-refractivity contribution in [3.05, 3.63) is 132 Å². The maximum Gasteiger partial charge on any atom is 0.139 e. The minimum absolute atomic E-state index is 0.0940. The van der Waals surface area contributed by atoms with E-state index in [-0.39, 0.29) is 5.41 Å². The molecule has 1 aliphatic carbocycles. The molecule has 10 rings (SSSR count). The molecule has 60 heavy (non-hydrogen) atoms. The highest BCUT2D eigenvalue weighted by molar-refractivity contribution is 6.71. The molecule has 1 aromatic heterocycles. The van der Waals surface area contributed by atoms with Crippen molar-refractivity contribution in [1.82, 2.24) is 9.55 Å². The SMILES string of the molecule is Bc1c(B)c(B)c2c(-c3ccc4c(c3)C(C)(C)c3ccccc3-4)c3c(B)c(B)c(B)c(B)c3c(-c3cccc(-c4cccc(-n5c(CC)nc6ccccc65)c4)c3)c2c1B. The van der Waals surface area contributed by atoms with Gasteiger partial charge < -0.3 is 0 Å². The van der Waals surface area contributed by atoms with E-state index in [9.17, 15) is 0 Å². The lowest BCUT2D eigenvalue weighted by atomic mass is 9.59. The third-order valence-electron chi connectivity index (χ3n) is 14.8. The first-order chi connectivity index (χ1) is 28.8. The summed E-state index contributed by atoms with van der Waals surface area (Å²) in [6.07, 6.45) is 0.858. The second kappa shape index (κ2) is 13.9. The van der Waals surface area contributed by atoms with Crippen LogP contribution in [0.3, 0.4) is 0 Å². The predicted octanol–water partition coefficient (Wildman–Crippen LogP) is -0.731. The van der Waals surface area contributed by atoms with Crippen LogP contribution in [0.2, 0.25) is 0 Å². The van der Waals surface area contributed by atoms with Crippen molar-refractivity contribution in [2.45, 2.75) is 32.6 Å². The second-order valence-corrected chi connectivity index (χ2v) is 18.0. The van der Waals surface area contributed by atoms with Gasteiger partial charge in [-0.3, -0.25) is 4.57 Å². The number of fused-ring (bicyclic) bond motifs is 6. The number of para-hydroxylation sites is 2. The quantitative estimate of drug-likeness (QED) is 0.167. The highest BCUT2D eigenvalue weighted by Gasteiger charge is 2.36. The smallest absolute Gasteiger partial charge is 0.139 e. The van der Waals surface area contributed by atoms with Gasteiger partial charge in [0.2, 0.25) is 0 Å². The minimum atomic E-state index is -0.0940. The molecule has 0 N–H and O–H groups in total. The molecule has 1 heterocycles. The fourth-order valence-electron chi connectivity index (χ4n) is 10.8. The lowest BCUT2D eigenvalue weighted by Crippen LogP contribution is -2.50. The Morgan fingerprint density at radius 3 is 1.58 bits per heavy atom. The number of aromatic nitrogens is 2. The molecule has 0 amide bonds. The largest absolute Gasteiger partial charge is 0.296 e. The molecule has 0 saturated carbocycles. The lowest BCUT2D eigenvalue weighted by Gasteiger charge is -2.29. The molecule has 0 unspecified atom stereocenters. The molecular formula is C50H46B8N2. The summed E-state index contributed by atoms with van der Waals surface area (Å²) in [4.78, 5) is 5.00. The molecule has 0 radical (unpaired) electrons. The first-order valence-corrected chi connectivity index (χ1v) is 21.7. The van der Waals surface area contributed by atoms with Gasteiger partial charge in [-0.2, -0.15) is 0 Å². The third-order valence-corrected chi connectivity index (χ3v) is 14.8. The van der Waals surface area contributed by atoms with Crippen LogP contribution in [0.5, 0.6) is 0 Å². The van der Waals surface area contributed by atoms with Crippen LogP contribution in [0.25, 0.3) is 82.8 Å². The van der Waals surface area contributed by atoms with Gasteiger partial charge in [0.1, 0.15) is 68.6 Å². The van der Waals surface area contributed by atoms with Crippen LogP contribution in [0.15, 0.2) is 115 Å². The monoisotopic (exact) mass is 762 g/mol. The first-order valence-electron chi connectivity index (χ1n) is 21.7. The van der Waals surface area contributed by atoms with Crippen molar-refractivity contribution >= 4 is 139 Å². The molecule has 1 aliphatic rings. The fourth-order valence-corrected chi connectivity index (χ4v) is 10.8. The van der Waals surface area contributed by atoms with E-state index in [4.69, 9.17) is 4.98 Å². The molecule has 9 aromatic rings. The summed E-state index contributed by atoms with van der Waals surface area (Å²) < 4.78 is 2.33. The Labute approximate surface area is 361 Å². The predicted molar refractivity (Wildman–Crippen MR) is 285 cm³/mol. The summed E-state index contributed by atoms with van der Waals surface area (Å²) >= 11 is 0. The normalized spacial score (nSPS) is 13.0. The highest BCUT2D eigenvalue weighted by atomic mass is 15.1. The van der Waals surface area contributed by atoms with Crippen LogP contribution in [0, 0.1) is 0 Å². The van der Waals surface area contributed by atoms with Crippen LogP contribution < -0.4 is 43.7 Å². The molecule has 0 bridgehead atoms. The van der Waals surface area contributed by atoms with Crippen LogP contribution >= 0.6 is 0 Å². The fraction of sp³-hybridized carbons (Fsp3) is 0.100. The summed E-state index contributed by atoms with van der Waals surface area (Å²) in [6.45, 7) is 6.99. The summed E-state index contributed by atoms with van der Waals surface area (Å²) in [7, 11) is 18.8. The summed E-state index contributed by atoms with van der Waals surface area (Å²) in [5.41, 5.74) is 27.4. The molecule has 280 valence electrons. The minimum Gasteiger partial charge on any atom is -0.296 e. The van der Waals surface area contributed by atoms with Gasteiger partial charge >= 0.3 is 0 Å². The Morgan fingerprint density at radius 2 is 0.967 bits per heavy atom. The van der Waals surface area contributed by atoms with Crippen molar-refractivity contribution < 1.29 is 0 Å². The van der Waals surface area contributed by atoms with E-state index in [1.54, 1.807) is 0 Å². The molecule has 10 heteroatoms. The first kappa shape index (κ1) is 38.5. The van der Waals surface area contributed by atoms with Crippen LogP contribution in [-0.2, 0) is 11.8 Å². The molecule has 0 spiro atoms. The molecule has 0 saturated heterocycles. The summed E-state index contributed by atoms with van der Waals surface area (Å²) in [5.74, 6) is 1.07. The zero-order chi connectivity index (χ0) is 41.9. The number of rotatable bonds is 5. The Bertz CT molecular complexity index is 3250. The average Bonchev–Trinajstić information content (AvgIpc) is 3.76. The molecule has 2 nitrogen and oxygen atoms in total. The van der Waals surface area contributed by atoms with Crippen LogP contribution in [0.4, 0.5) is 0 Å². The Kier molecular flexibility index (Phi) is 8.92. The Hall–Kier alpha value is -5.73. The van der Waals surface area contributed by atoms with Crippen molar-refractivity contribution in [2.75, 3.05) is 0 Å². The molecular weight excluding hydrogens is 715 g/mol. The van der Waals surface area contributed by atoms with Gasteiger partial charge in [-0.25, -0.2) is 4.98 Å². The van der Waals surface area contributed by atoms with E-state index >= 15 is 0 Å². The number of benzene rings is 8. The average molecular weight is 761 g/mol. The number of hydrogen-bond donors (Lipinski definition) is 0. The Balaban J connectivity index is 1.28. The molecule has 0 atom stereocenters. The second-order valence-electron chi connectivity index (χ2n) is 18.0. The van der Waals surface area contributed by atoms with Crippen molar-refractivity contribution in [3.63, 3.8) is 0 Å². The highest BCUT2D eigenvalue weighted by Crippen LogP contribution is 2.50. The van der Waals surface area contributed by atoms with E-state index in [1.165, 1.54) is 121 Å². The van der Waals surface area contributed by atoms with Gasteiger partial charge in [-0.1, -0.05) is 121 Å². The van der Waals surface area contributed by atoms with Gasteiger partial charge in [0.05, 0.1) is 11.0 Å². The third kappa shape index (κ3) is 5.42. The van der Waals surface area contributed by atoms with Crippen LogP contribution in [0.1, 0.15) is 37.7 Å². The summed E-state index contributed by atoms with van der Waals surface area (Å²) in [6, 6.07) is 43.2. The van der Waals surface area contributed by atoms with Crippen LogP contribution in [-0.4, -0.2) is 72.3 Å². The van der Waals surface area contributed by atoms with E-state index in [0.29, 0.717) is 0 Å². The van der Waals surface area contributed by atoms with Gasteiger partial charge in [-0.15, -0.1) is 21.9 Å². The molecule has 0 fully saturated rings. The van der Waals surface area contributed by atoms with Gasteiger partial charge in [0, 0.05) is 17.5 Å². The molecule has 8 aromatic carbocycles. The van der Waals surface area contributed by atoms with E-state index in [2.05, 4.69) is 203 Å². The van der Waals surface area contributed by atoms with Crippen molar-refractivity contribution in [3.8, 4) is 50.2 Å². The van der Waals surface area contributed by atoms with E-state index in [1.807, 2.05) is 0 Å². The molecule has 0 aliphatic heterocycles. The standard InChI is InChI=1S/C50H46B8N2/c1-4-35-59-33-17-7-8-18-34(33)60(35)28-14-10-12-25(22-28)24-11-9-13-26(21-24)36-38-40(44(53)48(57)46(55)42(38)51)37(41-39(36)43(52)47(56)49(58)45(41)54)27-19-20-30-29-15-5-6-16-31(29)50(2,3)32(30)23-27/h5-23H,4,51-58H2,1-3H3. The van der Waals surface area contributed by atoms with E-state index in [0.717, 1.165) is 29.0 Å². The lowest BCUT2D eigenvalue weighted by molar-refractivity contribution is 0.660. The zero-order valence-corrected chi connectivity index (χ0v) is 37.1. The topological polar surface area (TPSA) is 17.8 Å². The number of nitrogens with zero attached hydrogens (tertiary/aromatic N) is 2. The maximum atomic E-state index is 5.00. The summed E-state index contributed by atoms with van der Waals surface area (Å²) in [5, 5.41) is 5.50. The van der Waals surface area contributed by atoms with Gasteiger partial charge in [-0.05, 0) is 114 Å². The van der Waals surface area contributed by atoms with Crippen molar-refractivity contribution in [1.29, 1.82) is 0 Å². The maximum absolute atomic E-state index is 5.00.